The van der Waals surface area contributed by atoms with Gasteiger partial charge in [-0.2, -0.15) is 0 Å². The summed E-state index contributed by atoms with van der Waals surface area (Å²) in [6.45, 7) is 3.50. The van der Waals surface area contributed by atoms with E-state index in [0.29, 0.717) is 12.3 Å². The molecule has 1 aliphatic heterocycles. The molecular formula is C14H19FO2. The number of halogens is 1. The summed E-state index contributed by atoms with van der Waals surface area (Å²) in [5, 5.41) is 10.0. The third-order valence-electron chi connectivity index (χ3n) is 3.40. The largest absolute Gasteiger partial charge is 0.393 e. The maximum absolute atomic E-state index is 13.1. The molecular weight excluding hydrogens is 219 g/mol. The van der Waals surface area contributed by atoms with Crippen LogP contribution in [0.5, 0.6) is 0 Å². The molecule has 1 N–H and O–H groups in total. The van der Waals surface area contributed by atoms with E-state index in [4.69, 9.17) is 4.74 Å². The minimum absolute atomic E-state index is 0.234. The van der Waals surface area contributed by atoms with Crippen LogP contribution in [-0.2, 0) is 11.2 Å². The van der Waals surface area contributed by atoms with Crippen LogP contribution in [0.2, 0.25) is 0 Å². The van der Waals surface area contributed by atoms with Crippen molar-refractivity contribution in [2.24, 2.45) is 5.92 Å². The molecule has 94 valence electrons. The SMILES string of the molecule is Cc1ccc(F)cc1CC(O)CC1CCOC1. The Balaban J connectivity index is 1.92. The van der Waals surface area contributed by atoms with E-state index < -0.39 is 6.10 Å². The van der Waals surface area contributed by atoms with Crippen molar-refractivity contribution < 1.29 is 14.2 Å². The van der Waals surface area contributed by atoms with Crippen LogP contribution in [0.1, 0.15) is 24.0 Å². The highest BCUT2D eigenvalue weighted by atomic mass is 19.1. The van der Waals surface area contributed by atoms with Crippen molar-refractivity contribution in [3.8, 4) is 0 Å². The first-order valence-corrected chi connectivity index (χ1v) is 6.16. The summed E-state index contributed by atoms with van der Waals surface area (Å²) < 4.78 is 18.4. The third kappa shape index (κ3) is 3.51. The highest BCUT2D eigenvalue weighted by molar-refractivity contribution is 5.27. The van der Waals surface area contributed by atoms with Crippen LogP contribution < -0.4 is 0 Å². The molecule has 2 nitrogen and oxygen atoms in total. The predicted octanol–water partition coefficient (Wildman–Crippen LogP) is 2.46. The van der Waals surface area contributed by atoms with Crippen molar-refractivity contribution in [2.75, 3.05) is 13.2 Å². The molecule has 1 aromatic rings. The van der Waals surface area contributed by atoms with Crippen molar-refractivity contribution in [2.45, 2.75) is 32.3 Å². The Bertz CT molecular complexity index is 372. The highest BCUT2D eigenvalue weighted by Gasteiger charge is 2.20. The van der Waals surface area contributed by atoms with Gasteiger partial charge >= 0.3 is 0 Å². The van der Waals surface area contributed by atoms with Crippen molar-refractivity contribution in [3.05, 3.63) is 35.1 Å². The van der Waals surface area contributed by atoms with Crippen LogP contribution in [0, 0.1) is 18.7 Å². The average Bonchev–Trinajstić information content (AvgIpc) is 2.76. The summed E-state index contributed by atoms with van der Waals surface area (Å²) in [6, 6.07) is 4.73. The molecule has 2 unspecified atom stereocenters. The van der Waals surface area contributed by atoms with Gasteiger partial charge in [0.2, 0.25) is 0 Å². The Morgan fingerprint density at radius 1 is 1.53 bits per heavy atom. The zero-order chi connectivity index (χ0) is 12.3. The van der Waals surface area contributed by atoms with Gasteiger partial charge in [0, 0.05) is 13.2 Å². The summed E-state index contributed by atoms with van der Waals surface area (Å²) in [5.74, 6) is 0.223. The van der Waals surface area contributed by atoms with Gasteiger partial charge in [0.25, 0.3) is 0 Å². The quantitative estimate of drug-likeness (QED) is 0.873. The van der Waals surface area contributed by atoms with Crippen LogP contribution >= 0.6 is 0 Å². The van der Waals surface area contributed by atoms with E-state index in [9.17, 15) is 9.50 Å². The van der Waals surface area contributed by atoms with Crippen LogP contribution in [0.4, 0.5) is 4.39 Å². The Kier molecular flexibility index (Phi) is 4.13. The van der Waals surface area contributed by atoms with Gasteiger partial charge in [0.05, 0.1) is 6.10 Å². The molecule has 17 heavy (non-hydrogen) atoms. The van der Waals surface area contributed by atoms with E-state index >= 15 is 0 Å². The number of aryl methyl sites for hydroxylation is 1. The fourth-order valence-electron chi connectivity index (χ4n) is 2.35. The number of ether oxygens (including phenoxy) is 1. The average molecular weight is 238 g/mol. The summed E-state index contributed by atoms with van der Waals surface area (Å²) in [5.41, 5.74) is 1.93. The number of rotatable bonds is 4. The molecule has 0 bridgehead atoms. The maximum Gasteiger partial charge on any atom is 0.123 e. The second kappa shape index (κ2) is 5.61. The van der Waals surface area contributed by atoms with Crippen molar-refractivity contribution >= 4 is 0 Å². The fraction of sp³-hybridized carbons (Fsp3) is 0.571. The predicted molar refractivity (Wildman–Crippen MR) is 64.4 cm³/mol. The van der Waals surface area contributed by atoms with E-state index in [1.54, 1.807) is 6.07 Å². The minimum Gasteiger partial charge on any atom is -0.393 e. The number of hydrogen-bond donors (Lipinski definition) is 1. The molecule has 1 fully saturated rings. The summed E-state index contributed by atoms with van der Waals surface area (Å²) in [7, 11) is 0. The van der Waals surface area contributed by atoms with Gasteiger partial charge in [-0.05, 0) is 55.4 Å². The first-order valence-electron chi connectivity index (χ1n) is 6.16. The molecule has 0 saturated carbocycles. The molecule has 3 heteroatoms. The lowest BCUT2D eigenvalue weighted by Gasteiger charge is -2.15. The van der Waals surface area contributed by atoms with Gasteiger partial charge in [0.1, 0.15) is 5.82 Å². The van der Waals surface area contributed by atoms with E-state index in [-0.39, 0.29) is 5.82 Å². The lowest BCUT2D eigenvalue weighted by molar-refractivity contribution is 0.128. The first kappa shape index (κ1) is 12.5. The molecule has 0 aliphatic carbocycles. The van der Waals surface area contributed by atoms with Gasteiger partial charge in [-0.25, -0.2) is 4.39 Å². The lowest BCUT2D eigenvalue weighted by atomic mass is 9.95. The molecule has 0 amide bonds. The molecule has 0 radical (unpaired) electrons. The van der Waals surface area contributed by atoms with Crippen molar-refractivity contribution in [1.29, 1.82) is 0 Å². The Hall–Kier alpha value is -0.930. The van der Waals surface area contributed by atoms with E-state index in [2.05, 4.69) is 0 Å². The molecule has 1 saturated heterocycles. The van der Waals surface area contributed by atoms with E-state index in [1.165, 1.54) is 12.1 Å². The molecule has 1 aromatic carbocycles. The molecule has 0 aromatic heterocycles. The second-order valence-electron chi connectivity index (χ2n) is 4.89. The Morgan fingerprint density at radius 2 is 2.35 bits per heavy atom. The third-order valence-corrected chi connectivity index (χ3v) is 3.40. The van der Waals surface area contributed by atoms with Crippen molar-refractivity contribution in [3.63, 3.8) is 0 Å². The monoisotopic (exact) mass is 238 g/mol. The van der Waals surface area contributed by atoms with Crippen LogP contribution in [0.15, 0.2) is 18.2 Å². The molecule has 1 heterocycles. The van der Waals surface area contributed by atoms with Gasteiger partial charge in [-0.1, -0.05) is 6.07 Å². The molecule has 1 aliphatic rings. The van der Waals surface area contributed by atoms with Crippen LogP contribution in [0.25, 0.3) is 0 Å². The minimum atomic E-state index is -0.401. The van der Waals surface area contributed by atoms with Crippen molar-refractivity contribution in [1.82, 2.24) is 0 Å². The number of aliphatic hydroxyl groups excluding tert-OH is 1. The van der Waals surface area contributed by atoms with Crippen LogP contribution in [0.3, 0.4) is 0 Å². The van der Waals surface area contributed by atoms with E-state index in [0.717, 1.165) is 37.2 Å². The first-order chi connectivity index (χ1) is 8.15. The summed E-state index contributed by atoms with van der Waals surface area (Å²) in [6.07, 6.45) is 1.90. The lowest BCUT2D eigenvalue weighted by Crippen LogP contribution is -2.17. The van der Waals surface area contributed by atoms with Gasteiger partial charge < -0.3 is 9.84 Å². The highest BCUT2D eigenvalue weighted by Crippen LogP contribution is 2.21. The second-order valence-corrected chi connectivity index (χ2v) is 4.89. The van der Waals surface area contributed by atoms with Gasteiger partial charge in [-0.3, -0.25) is 0 Å². The van der Waals surface area contributed by atoms with E-state index in [1.807, 2.05) is 6.92 Å². The number of hydrogen-bond acceptors (Lipinski definition) is 2. The number of aliphatic hydroxyl groups is 1. The Morgan fingerprint density at radius 3 is 3.06 bits per heavy atom. The van der Waals surface area contributed by atoms with Crippen LogP contribution in [-0.4, -0.2) is 24.4 Å². The standard InChI is InChI=1S/C14H19FO2/c1-10-2-3-13(15)7-12(10)8-14(16)6-11-4-5-17-9-11/h2-3,7,11,14,16H,4-6,8-9H2,1H3. The summed E-state index contributed by atoms with van der Waals surface area (Å²) in [4.78, 5) is 0. The Labute approximate surface area is 101 Å². The zero-order valence-electron chi connectivity index (χ0n) is 10.2. The summed E-state index contributed by atoms with van der Waals surface area (Å²) >= 11 is 0. The van der Waals surface area contributed by atoms with Gasteiger partial charge in [0.15, 0.2) is 0 Å². The smallest absolute Gasteiger partial charge is 0.123 e. The fourth-order valence-corrected chi connectivity index (χ4v) is 2.35. The topological polar surface area (TPSA) is 29.5 Å². The van der Waals surface area contributed by atoms with Gasteiger partial charge in [-0.15, -0.1) is 0 Å². The maximum atomic E-state index is 13.1. The molecule has 0 spiro atoms. The zero-order valence-corrected chi connectivity index (χ0v) is 10.2. The molecule has 2 atom stereocenters. The number of benzene rings is 1. The normalized spacial score (nSPS) is 21.7. The molecule has 2 rings (SSSR count).